The summed E-state index contributed by atoms with van der Waals surface area (Å²) >= 11 is 6.31. The fraction of sp³-hybridized carbons (Fsp3) is 0.618. The summed E-state index contributed by atoms with van der Waals surface area (Å²) in [7, 11) is 1.79. The molecule has 1 saturated heterocycles. The van der Waals surface area contributed by atoms with Gasteiger partial charge in [0.2, 0.25) is 0 Å². The summed E-state index contributed by atoms with van der Waals surface area (Å²) < 4.78 is 58.4. The number of halogens is 5. The predicted octanol–water partition coefficient (Wildman–Crippen LogP) is 7.61. The number of ether oxygens (including phenoxy) is 1. The second-order valence-corrected chi connectivity index (χ2v) is 13.3. The number of nitrogens with zero attached hydrogens (tertiary/aromatic N) is 3. The maximum atomic E-state index is 15.2. The third kappa shape index (κ3) is 9.41. The molecule has 2 aromatic rings. The molecule has 2 aromatic carbocycles. The summed E-state index contributed by atoms with van der Waals surface area (Å²) in [5.74, 6) is -1.29. The standard InChI is InChI=1S/C34H46ClF4N3O3/c1-22(2)41-16-18-42(19-17-41)30(28-20-25(35)10-13-29(28)36)14-15-40(4)32(33(43)44)27-7-5-6-23(3)31(27)24-8-11-26(12-9-24)45-21-34(37,38)39/h5-7,10,13,20,22,24,26,30,32H,8-9,11-12,14-19,21H2,1-4H3,(H,43,44)/t24?,26?,30-,32-/m0/s1. The summed E-state index contributed by atoms with van der Waals surface area (Å²) in [5, 5.41) is 11.0. The highest BCUT2D eigenvalue weighted by Crippen LogP contribution is 2.41. The van der Waals surface area contributed by atoms with E-state index in [1.165, 1.54) is 12.1 Å². The number of aryl methyl sites for hydroxylation is 1. The fourth-order valence-corrected chi connectivity index (χ4v) is 7.29. The minimum atomic E-state index is -4.36. The molecule has 1 heterocycles. The molecule has 45 heavy (non-hydrogen) atoms. The van der Waals surface area contributed by atoms with Crippen molar-refractivity contribution >= 4 is 17.6 Å². The normalized spacial score (nSPS) is 21.8. The van der Waals surface area contributed by atoms with Crippen molar-refractivity contribution in [3.05, 3.63) is 69.5 Å². The average molecular weight is 656 g/mol. The maximum Gasteiger partial charge on any atom is 0.411 e. The van der Waals surface area contributed by atoms with Crippen LogP contribution in [-0.4, -0.2) is 90.5 Å². The Morgan fingerprint density at radius 3 is 2.29 bits per heavy atom. The molecule has 250 valence electrons. The Kier molecular flexibility index (Phi) is 12.3. The van der Waals surface area contributed by atoms with Crippen molar-refractivity contribution < 1.29 is 32.2 Å². The summed E-state index contributed by atoms with van der Waals surface area (Å²) in [4.78, 5) is 19.4. The number of hydrogen-bond acceptors (Lipinski definition) is 5. The number of benzene rings is 2. The summed E-state index contributed by atoms with van der Waals surface area (Å²) in [6.07, 6.45) is -2.11. The molecule has 11 heteroatoms. The molecule has 0 aromatic heterocycles. The monoisotopic (exact) mass is 655 g/mol. The second kappa shape index (κ2) is 15.6. The number of carbonyl (C=O) groups is 1. The number of alkyl halides is 3. The van der Waals surface area contributed by atoms with E-state index in [2.05, 4.69) is 23.6 Å². The van der Waals surface area contributed by atoms with Gasteiger partial charge >= 0.3 is 12.1 Å². The Labute approximate surface area is 269 Å². The highest BCUT2D eigenvalue weighted by atomic mass is 35.5. The van der Waals surface area contributed by atoms with E-state index in [1.807, 2.05) is 30.0 Å². The molecule has 6 nitrogen and oxygen atoms in total. The van der Waals surface area contributed by atoms with Gasteiger partial charge in [0.1, 0.15) is 18.5 Å². The van der Waals surface area contributed by atoms with E-state index in [0.717, 1.165) is 37.3 Å². The molecule has 1 aliphatic heterocycles. The van der Waals surface area contributed by atoms with Gasteiger partial charge in [0.05, 0.1) is 6.10 Å². The Balaban J connectivity index is 1.53. The van der Waals surface area contributed by atoms with Gasteiger partial charge in [-0.25, -0.2) is 4.39 Å². The average Bonchev–Trinajstić information content (AvgIpc) is 2.98. The van der Waals surface area contributed by atoms with Gasteiger partial charge in [-0.2, -0.15) is 13.2 Å². The van der Waals surface area contributed by atoms with Crippen LogP contribution in [0.2, 0.25) is 5.02 Å². The number of carboxylic acid groups (broad SMARTS) is 1. The number of carboxylic acids is 1. The molecule has 0 radical (unpaired) electrons. The zero-order chi connectivity index (χ0) is 32.9. The molecule has 1 aliphatic carbocycles. The number of likely N-dealkylation sites (N-methyl/N-ethyl adjacent to an activating group) is 1. The van der Waals surface area contributed by atoms with Gasteiger partial charge < -0.3 is 9.84 Å². The van der Waals surface area contributed by atoms with Gasteiger partial charge in [0, 0.05) is 55.4 Å². The van der Waals surface area contributed by atoms with Crippen molar-refractivity contribution in [2.24, 2.45) is 0 Å². The first-order chi connectivity index (χ1) is 21.2. The minimum absolute atomic E-state index is 0.0211. The van der Waals surface area contributed by atoms with E-state index in [9.17, 15) is 23.1 Å². The third-order valence-electron chi connectivity index (χ3n) is 9.48. The first-order valence-electron chi connectivity index (χ1n) is 15.9. The summed E-state index contributed by atoms with van der Waals surface area (Å²) in [6, 6.07) is 9.47. The fourth-order valence-electron chi connectivity index (χ4n) is 7.11. The minimum Gasteiger partial charge on any atom is -0.480 e. The smallest absolute Gasteiger partial charge is 0.411 e. The molecule has 2 aliphatic rings. The van der Waals surface area contributed by atoms with Crippen LogP contribution >= 0.6 is 11.6 Å². The van der Waals surface area contributed by atoms with Crippen LogP contribution in [0.4, 0.5) is 17.6 Å². The second-order valence-electron chi connectivity index (χ2n) is 12.8. The van der Waals surface area contributed by atoms with Crippen LogP contribution in [0, 0.1) is 12.7 Å². The molecular weight excluding hydrogens is 610 g/mol. The zero-order valence-electron chi connectivity index (χ0n) is 26.6. The Morgan fingerprint density at radius 1 is 1.04 bits per heavy atom. The van der Waals surface area contributed by atoms with Crippen LogP contribution in [0.3, 0.4) is 0 Å². The van der Waals surface area contributed by atoms with E-state index < -0.39 is 30.9 Å². The Bertz CT molecular complexity index is 1280. The van der Waals surface area contributed by atoms with Crippen molar-refractivity contribution in [1.29, 1.82) is 0 Å². The van der Waals surface area contributed by atoms with Gasteiger partial charge in [-0.15, -0.1) is 0 Å². The van der Waals surface area contributed by atoms with Crippen LogP contribution < -0.4 is 0 Å². The summed E-state index contributed by atoms with van der Waals surface area (Å²) in [5.41, 5.74) is 3.13. The predicted molar refractivity (Wildman–Crippen MR) is 168 cm³/mol. The highest BCUT2D eigenvalue weighted by Gasteiger charge is 2.35. The lowest BCUT2D eigenvalue weighted by Gasteiger charge is -2.41. The van der Waals surface area contributed by atoms with Gasteiger partial charge in [0.15, 0.2) is 0 Å². The maximum absolute atomic E-state index is 15.2. The highest BCUT2D eigenvalue weighted by molar-refractivity contribution is 6.30. The number of aliphatic carboxylic acids is 1. The lowest BCUT2D eigenvalue weighted by Crippen LogP contribution is -2.50. The quantitative estimate of drug-likeness (QED) is 0.238. The molecule has 0 amide bonds. The van der Waals surface area contributed by atoms with Crippen LogP contribution in [0.15, 0.2) is 36.4 Å². The first kappa shape index (κ1) is 35.6. The Morgan fingerprint density at radius 2 is 1.69 bits per heavy atom. The number of piperazine rings is 1. The van der Waals surface area contributed by atoms with Gasteiger partial charge in [-0.1, -0.05) is 29.8 Å². The largest absolute Gasteiger partial charge is 0.480 e. The lowest BCUT2D eigenvalue weighted by molar-refractivity contribution is -0.188. The van der Waals surface area contributed by atoms with Crippen LogP contribution in [-0.2, 0) is 9.53 Å². The molecule has 0 bridgehead atoms. The molecule has 1 N–H and O–H groups in total. The lowest BCUT2D eigenvalue weighted by atomic mass is 9.77. The summed E-state index contributed by atoms with van der Waals surface area (Å²) in [6.45, 7) is 8.67. The van der Waals surface area contributed by atoms with E-state index in [0.29, 0.717) is 60.8 Å². The zero-order valence-corrected chi connectivity index (χ0v) is 27.4. The first-order valence-corrected chi connectivity index (χ1v) is 16.3. The van der Waals surface area contributed by atoms with Gasteiger partial charge in [-0.3, -0.25) is 19.5 Å². The number of hydrogen-bond donors (Lipinski definition) is 1. The molecule has 2 fully saturated rings. The van der Waals surface area contributed by atoms with E-state index in [-0.39, 0.29) is 17.8 Å². The third-order valence-corrected chi connectivity index (χ3v) is 9.72. The Hall–Kier alpha value is -2.24. The SMILES string of the molecule is Cc1cccc([C@@H](C(=O)O)N(C)CC[C@@H](c2cc(Cl)ccc2F)N2CCN(C(C)C)CC2)c1C1CCC(OCC(F)(F)F)CC1. The van der Waals surface area contributed by atoms with Crippen LogP contribution in [0.5, 0.6) is 0 Å². The van der Waals surface area contributed by atoms with Crippen molar-refractivity contribution in [2.75, 3.05) is 46.4 Å². The topological polar surface area (TPSA) is 56.2 Å². The number of rotatable bonds is 12. The van der Waals surface area contributed by atoms with E-state index in [1.54, 1.807) is 13.1 Å². The van der Waals surface area contributed by atoms with Gasteiger partial charge in [0.25, 0.3) is 0 Å². The van der Waals surface area contributed by atoms with Crippen molar-refractivity contribution in [3.63, 3.8) is 0 Å². The van der Waals surface area contributed by atoms with Gasteiger partial charge in [-0.05, 0) is 101 Å². The van der Waals surface area contributed by atoms with Crippen LogP contribution in [0.25, 0.3) is 0 Å². The van der Waals surface area contributed by atoms with Crippen molar-refractivity contribution in [2.45, 2.75) is 89.2 Å². The van der Waals surface area contributed by atoms with Crippen molar-refractivity contribution in [1.82, 2.24) is 14.7 Å². The molecule has 1 saturated carbocycles. The molecule has 2 atom stereocenters. The molecular formula is C34H46ClF4N3O3. The molecule has 0 spiro atoms. The van der Waals surface area contributed by atoms with Crippen LogP contribution in [0.1, 0.15) is 86.2 Å². The van der Waals surface area contributed by atoms with E-state index >= 15 is 4.39 Å². The molecule has 4 rings (SSSR count). The van der Waals surface area contributed by atoms with E-state index in [4.69, 9.17) is 16.3 Å². The molecule has 0 unspecified atom stereocenters. The van der Waals surface area contributed by atoms with Crippen molar-refractivity contribution in [3.8, 4) is 0 Å².